The Labute approximate surface area is 198 Å². The molecule has 0 bridgehead atoms. The maximum atomic E-state index is 16.2. The van der Waals surface area contributed by atoms with E-state index in [0.29, 0.717) is 23.3 Å². The number of nitrogens with one attached hydrogen (secondary N) is 3. The van der Waals surface area contributed by atoms with Gasteiger partial charge in [-0.3, -0.25) is 0 Å². The average Bonchev–Trinajstić information content (AvgIpc) is 3.18. The Morgan fingerprint density at radius 3 is 2.59 bits per heavy atom. The van der Waals surface area contributed by atoms with Gasteiger partial charge >= 0.3 is 0 Å². The van der Waals surface area contributed by atoms with Gasteiger partial charge in [-0.1, -0.05) is 48.5 Å². The number of hydrogen-bond acceptors (Lipinski definition) is 3. The Balaban J connectivity index is 1.59. The van der Waals surface area contributed by atoms with E-state index in [9.17, 15) is 5.11 Å². The van der Waals surface area contributed by atoms with Gasteiger partial charge in [0.1, 0.15) is 11.6 Å². The second-order valence-electron chi connectivity index (χ2n) is 9.67. The minimum atomic E-state index is -0.924. The number of fused-ring (bicyclic) bond motifs is 2. The van der Waals surface area contributed by atoms with E-state index in [1.807, 2.05) is 69.4 Å². The minimum absolute atomic E-state index is 0.0882. The summed E-state index contributed by atoms with van der Waals surface area (Å²) in [6.07, 6.45) is 1.64. The van der Waals surface area contributed by atoms with Gasteiger partial charge < -0.3 is 20.7 Å². The Morgan fingerprint density at radius 2 is 1.82 bits per heavy atom. The first-order valence-electron chi connectivity index (χ1n) is 11.6. The smallest absolute Gasteiger partial charge is 0.140 e. The molecule has 6 heteroatoms. The van der Waals surface area contributed by atoms with Crippen LogP contribution >= 0.6 is 0 Å². The number of hydrogen-bond donors (Lipinski definition) is 4. The molecule has 4 aromatic rings. The second-order valence-corrected chi connectivity index (χ2v) is 9.67. The fourth-order valence-electron chi connectivity index (χ4n) is 5.02. The first-order valence-corrected chi connectivity index (χ1v) is 11.6. The SMILES string of the molecule is Cc1c[nH]c2c(-c3c(F)cc4c(c3F)C(NCCc3ccccc3)C(O)C(C)(C)N4)cccc12. The summed E-state index contributed by atoms with van der Waals surface area (Å²) >= 11 is 0. The predicted molar refractivity (Wildman–Crippen MR) is 133 cm³/mol. The maximum Gasteiger partial charge on any atom is 0.140 e. The molecule has 0 saturated heterocycles. The van der Waals surface area contributed by atoms with Crippen LogP contribution in [0, 0.1) is 18.6 Å². The lowest BCUT2D eigenvalue weighted by Crippen LogP contribution is -2.54. The number of aryl methyl sites for hydroxylation is 1. The van der Waals surface area contributed by atoms with Crippen molar-refractivity contribution in [2.45, 2.75) is 44.9 Å². The molecule has 0 radical (unpaired) electrons. The Morgan fingerprint density at radius 1 is 1.06 bits per heavy atom. The highest BCUT2D eigenvalue weighted by Gasteiger charge is 2.43. The molecule has 4 nitrogen and oxygen atoms in total. The van der Waals surface area contributed by atoms with Crippen LogP contribution in [0.25, 0.3) is 22.0 Å². The first kappa shape index (κ1) is 22.6. The van der Waals surface area contributed by atoms with Gasteiger partial charge in [0, 0.05) is 28.4 Å². The van der Waals surface area contributed by atoms with Crippen LogP contribution in [0.15, 0.2) is 60.8 Å². The monoisotopic (exact) mass is 461 g/mol. The molecule has 0 fully saturated rings. The maximum absolute atomic E-state index is 16.2. The zero-order valence-electron chi connectivity index (χ0n) is 19.5. The standard InChI is InChI=1S/C28H29F2N3O/c1-16-15-32-25-18(16)10-7-11-19(25)22-20(29)14-21-23(24(22)30)26(27(34)28(2,3)33-21)31-13-12-17-8-5-4-6-9-17/h4-11,14-15,26-27,31-34H,12-13H2,1-3H3. The number of aliphatic hydroxyl groups excluding tert-OH is 1. The van der Waals surface area contributed by atoms with Gasteiger partial charge in [0.2, 0.25) is 0 Å². The van der Waals surface area contributed by atoms with E-state index in [2.05, 4.69) is 15.6 Å². The summed E-state index contributed by atoms with van der Waals surface area (Å²) < 4.78 is 31.6. The summed E-state index contributed by atoms with van der Waals surface area (Å²) in [5.41, 5.74) is 3.07. The van der Waals surface area contributed by atoms with E-state index in [-0.39, 0.29) is 11.1 Å². The van der Waals surface area contributed by atoms with Crippen LogP contribution in [0.3, 0.4) is 0 Å². The quantitative estimate of drug-likeness (QED) is 0.301. The van der Waals surface area contributed by atoms with Crippen molar-refractivity contribution in [3.63, 3.8) is 0 Å². The molecule has 1 aliphatic rings. The molecule has 0 spiro atoms. The molecule has 1 aliphatic heterocycles. The largest absolute Gasteiger partial charge is 0.389 e. The predicted octanol–water partition coefficient (Wildman–Crippen LogP) is 5.86. The van der Waals surface area contributed by atoms with E-state index in [4.69, 9.17) is 0 Å². The van der Waals surface area contributed by atoms with Crippen molar-refractivity contribution in [2.75, 3.05) is 11.9 Å². The Hall–Kier alpha value is -3.22. The fraction of sp³-hybridized carbons (Fsp3) is 0.286. The molecule has 5 rings (SSSR count). The zero-order valence-corrected chi connectivity index (χ0v) is 19.5. The van der Waals surface area contributed by atoms with Crippen LogP contribution in [-0.2, 0) is 6.42 Å². The normalized spacial score (nSPS) is 19.1. The van der Waals surface area contributed by atoms with Crippen molar-refractivity contribution in [1.29, 1.82) is 0 Å². The van der Waals surface area contributed by atoms with Gasteiger partial charge in [-0.05, 0) is 50.9 Å². The minimum Gasteiger partial charge on any atom is -0.389 e. The summed E-state index contributed by atoms with van der Waals surface area (Å²) in [5, 5.41) is 18.6. The molecule has 3 aromatic carbocycles. The first-order chi connectivity index (χ1) is 16.3. The number of para-hydroxylation sites is 1. The van der Waals surface area contributed by atoms with E-state index >= 15 is 8.78 Å². The number of halogens is 2. The number of H-pyrrole nitrogens is 1. The summed E-state index contributed by atoms with van der Waals surface area (Å²) in [4.78, 5) is 3.16. The fourth-order valence-corrected chi connectivity index (χ4v) is 5.02. The lowest BCUT2D eigenvalue weighted by Gasteiger charge is -2.44. The molecule has 34 heavy (non-hydrogen) atoms. The molecule has 0 aliphatic carbocycles. The third-order valence-electron chi connectivity index (χ3n) is 6.89. The van der Waals surface area contributed by atoms with Gasteiger partial charge in [0.15, 0.2) is 0 Å². The average molecular weight is 462 g/mol. The zero-order chi connectivity index (χ0) is 24.0. The van der Waals surface area contributed by atoms with Crippen molar-refractivity contribution in [3.8, 4) is 11.1 Å². The lowest BCUT2D eigenvalue weighted by atomic mass is 9.81. The van der Waals surface area contributed by atoms with E-state index in [0.717, 1.165) is 22.9 Å². The second kappa shape index (κ2) is 8.53. The van der Waals surface area contributed by atoms with Crippen LogP contribution < -0.4 is 10.6 Å². The molecule has 0 amide bonds. The van der Waals surface area contributed by atoms with Crippen LogP contribution in [0.1, 0.15) is 36.6 Å². The van der Waals surface area contributed by atoms with Crippen LogP contribution in [0.5, 0.6) is 0 Å². The van der Waals surface area contributed by atoms with Crippen molar-refractivity contribution in [2.24, 2.45) is 0 Å². The summed E-state index contributed by atoms with van der Waals surface area (Å²) in [6, 6.07) is 16.1. The highest BCUT2D eigenvalue weighted by Crippen LogP contribution is 2.44. The third-order valence-corrected chi connectivity index (χ3v) is 6.89. The van der Waals surface area contributed by atoms with Crippen LogP contribution in [0.2, 0.25) is 0 Å². The third kappa shape index (κ3) is 3.77. The van der Waals surface area contributed by atoms with Crippen molar-refractivity contribution in [1.82, 2.24) is 10.3 Å². The molecular weight excluding hydrogens is 432 g/mol. The number of anilines is 1. The molecule has 1 aromatic heterocycles. The van der Waals surface area contributed by atoms with Crippen LogP contribution in [0.4, 0.5) is 14.5 Å². The van der Waals surface area contributed by atoms with Crippen molar-refractivity contribution < 1.29 is 13.9 Å². The Bertz CT molecular complexity index is 1350. The molecule has 4 N–H and O–H groups in total. The van der Waals surface area contributed by atoms with Gasteiger partial charge in [0.05, 0.1) is 28.8 Å². The van der Waals surface area contributed by atoms with E-state index in [1.54, 1.807) is 6.07 Å². The lowest BCUT2D eigenvalue weighted by molar-refractivity contribution is 0.0672. The highest BCUT2D eigenvalue weighted by molar-refractivity contribution is 5.96. The summed E-state index contributed by atoms with van der Waals surface area (Å²) in [6.45, 7) is 6.16. The van der Waals surface area contributed by atoms with Gasteiger partial charge in [-0.2, -0.15) is 0 Å². The number of aliphatic hydroxyl groups is 1. The molecular formula is C28H29F2N3O. The van der Waals surface area contributed by atoms with E-state index in [1.165, 1.54) is 6.07 Å². The molecule has 176 valence electrons. The molecule has 2 unspecified atom stereocenters. The van der Waals surface area contributed by atoms with E-state index < -0.39 is 29.3 Å². The number of rotatable bonds is 5. The summed E-state index contributed by atoms with van der Waals surface area (Å²) in [7, 11) is 0. The van der Waals surface area contributed by atoms with Gasteiger partial charge in [-0.15, -0.1) is 0 Å². The topological polar surface area (TPSA) is 60.1 Å². The number of aromatic nitrogens is 1. The van der Waals surface area contributed by atoms with Gasteiger partial charge in [0.25, 0.3) is 0 Å². The van der Waals surface area contributed by atoms with Crippen molar-refractivity contribution >= 4 is 16.6 Å². The van der Waals surface area contributed by atoms with Crippen LogP contribution in [-0.4, -0.2) is 28.3 Å². The number of aromatic amines is 1. The van der Waals surface area contributed by atoms with Crippen molar-refractivity contribution in [3.05, 3.63) is 89.1 Å². The molecule has 2 heterocycles. The molecule has 2 atom stereocenters. The number of benzene rings is 3. The molecule has 0 saturated carbocycles. The summed E-state index contributed by atoms with van der Waals surface area (Å²) in [5.74, 6) is -1.30. The Kier molecular flexibility index (Phi) is 5.66. The highest BCUT2D eigenvalue weighted by atomic mass is 19.1. The van der Waals surface area contributed by atoms with Gasteiger partial charge in [-0.25, -0.2) is 8.78 Å².